The second-order valence-electron chi connectivity index (χ2n) is 3.96. The van der Waals surface area contributed by atoms with Gasteiger partial charge in [0.25, 0.3) is 11.9 Å². The third-order valence-electron chi connectivity index (χ3n) is 2.39. The molecule has 0 aliphatic heterocycles. The fraction of sp³-hybridized carbons (Fsp3) is 0.364. The standard InChI is InChI=1S/C11H15N7O/c1-4-12-9-5-7(2)13-6-8(9)10(19)14-11-15-17-18(3)16-11/h5-6H,4H2,1-3H3,(H,12,13)(H,14,16,19). The Morgan fingerprint density at radius 3 is 2.89 bits per heavy atom. The first-order chi connectivity index (χ1) is 9.10. The van der Waals surface area contributed by atoms with Crippen molar-refractivity contribution < 1.29 is 4.79 Å². The number of tetrazole rings is 1. The lowest BCUT2D eigenvalue weighted by Crippen LogP contribution is -2.16. The zero-order chi connectivity index (χ0) is 13.8. The molecule has 2 aromatic heterocycles. The van der Waals surface area contributed by atoms with E-state index in [1.165, 1.54) is 11.0 Å². The van der Waals surface area contributed by atoms with Crippen molar-refractivity contribution in [2.45, 2.75) is 13.8 Å². The van der Waals surface area contributed by atoms with E-state index in [1.807, 2.05) is 19.9 Å². The van der Waals surface area contributed by atoms with Gasteiger partial charge in [0, 0.05) is 18.4 Å². The molecule has 8 heteroatoms. The minimum absolute atomic E-state index is 0.163. The first-order valence-corrected chi connectivity index (χ1v) is 5.86. The first kappa shape index (κ1) is 12.9. The summed E-state index contributed by atoms with van der Waals surface area (Å²) in [5.41, 5.74) is 2.02. The van der Waals surface area contributed by atoms with Crippen LogP contribution in [0.4, 0.5) is 11.6 Å². The number of nitrogens with one attached hydrogen (secondary N) is 2. The third-order valence-corrected chi connectivity index (χ3v) is 2.39. The Hall–Kier alpha value is -2.51. The van der Waals surface area contributed by atoms with Gasteiger partial charge in [0.15, 0.2) is 0 Å². The summed E-state index contributed by atoms with van der Waals surface area (Å²) in [4.78, 5) is 17.5. The molecule has 2 heterocycles. The molecule has 0 aliphatic carbocycles. The summed E-state index contributed by atoms with van der Waals surface area (Å²) < 4.78 is 0. The average molecular weight is 261 g/mol. The number of amides is 1. The number of carbonyl (C=O) groups is 1. The fourth-order valence-electron chi connectivity index (χ4n) is 1.58. The van der Waals surface area contributed by atoms with Gasteiger partial charge in [0.05, 0.1) is 18.3 Å². The van der Waals surface area contributed by atoms with E-state index in [-0.39, 0.29) is 11.9 Å². The number of aryl methyl sites for hydroxylation is 2. The maximum Gasteiger partial charge on any atom is 0.270 e. The van der Waals surface area contributed by atoms with E-state index in [2.05, 4.69) is 31.0 Å². The van der Waals surface area contributed by atoms with E-state index in [1.54, 1.807) is 7.05 Å². The Morgan fingerprint density at radius 2 is 2.26 bits per heavy atom. The molecule has 100 valence electrons. The Bertz CT molecular complexity index is 592. The zero-order valence-electron chi connectivity index (χ0n) is 11.0. The molecule has 8 nitrogen and oxygen atoms in total. The number of hydrogen-bond acceptors (Lipinski definition) is 6. The van der Waals surface area contributed by atoms with Crippen LogP contribution in [0.1, 0.15) is 23.0 Å². The minimum Gasteiger partial charge on any atom is -0.385 e. The molecule has 0 radical (unpaired) electrons. The molecule has 1 amide bonds. The number of rotatable bonds is 4. The number of pyridine rings is 1. The molecule has 2 aromatic rings. The van der Waals surface area contributed by atoms with E-state index in [0.717, 1.165) is 11.4 Å². The molecule has 0 unspecified atom stereocenters. The van der Waals surface area contributed by atoms with Gasteiger partial charge in [-0.15, -0.1) is 5.10 Å². The van der Waals surface area contributed by atoms with Crippen LogP contribution in [0.25, 0.3) is 0 Å². The van der Waals surface area contributed by atoms with Crippen LogP contribution in [0, 0.1) is 6.92 Å². The van der Waals surface area contributed by atoms with Crippen molar-refractivity contribution in [1.29, 1.82) is 0 Å². The van der Waals surface area contributed by atoms with E-state index in [4.69, 9.17) is 0 Å². The maximum atomic E-state index is 12.1. The van der Waals surface area contributed by atoms with E-state index >= 15 is 0 Å². The maximum absolute atomic E-state index is 12.1. The largest absolute Gasteiger partial charge is 0.385 e. The summed E-state index contributed by atoms with van der Waals surface area (Å²) in [5, 5.41) is 16.9. The smallest absolute Gasteiger partial charge is 0.270 e. The van der Waals surface area contributed by atoms with Gasteiger partial charge >= 0.3 is 0 Å². The van der Waals surface area contributed by atoms with Crippen LogP contribution in [0.15, 0.2) is 12.3 Å². The first-order valence-electron chi connectivity index (χ1n) is 5.86. The van der Waals surface area contributed by atoms with Gasteiger partial charge in [-0.25, -0.2) is 0 Å². The average Bonchev–Trinajstić information content (AvgIpc) is 2.75. The molecule has 0 aliphatic rings. The molecule has 0 fully saturated rings. The lowest BCUT2D eigenvalue weighted by molar-refractivity contribution is 0.102. The molecule has 2 rings (SSSR count). The number of carbonyl (C=O) groups excluding carboxylic acids is 1. The van der Waals surface area contributed by atoms with Crippen LogP contribution in [0.5, 0.6) is 0 Å². The highest BCUT2D eigenvalue weighted by Gasteiger charge is 2.14. The van der Waals surface area contributed by atoms with Crippen molar-refractivity contribution in [2.24, 2.45) is 7.05 Å². The molecule has 0 saturated heterocycles. The predicted molar refractivity (Wildman–Crippen MR) is 69.9 cm³/mol. The van der Waals surface area contributed by atoms with Crippen LogP contribution in [-0.2, 0) is 7.05 Å². The Kier molecular flexibility index (Phi) is 3.69. The Labute approximate surface area is 110 Å². The molecule has 0 aromatic carbocycles. The zero-order valence-corrected chi connectivity index (χ0v) is 11.0. The number of aromatic nitrogens is 5. The normalized spacial score (nSPS) is 10.3. The summed E-state index contributed by atoms with van der Waals surface area (Å²) in [5.74, 6) is -0.160. The van der Waals surface area contributed by atoms with Gasteiger partial charge < -0.3 is 5.32 Å². The SMILES string of the molecule is CCNc1cc(C)ncc1C(=O)Nc1nnn(C)n1. The molecule has 0 spiro atoms. The second kappa shape index (κ2) is 5.42. The number of hydrogen-bond donors (Lipinski definition) is 2. The van der Waals surface area contributed by atoms with Gasteiger partial charge in [-0.05, 0) is 25.1 Å². The lowest BCUT2D eigenvalue weighted by Gasteiger charge is -2.09. The molecular weight excluding hydrogens is 246 g/mol. The third kappa shape index (κ3) is 3.03. The molecule has 19 heavy (non-hydrogen) atoms. The molecule has 0 atom stereocenters. The van der Waals surface area contributed by atoms with Crippen molar-refractivity contribution in [2.75, 3.05) is 17.2 Å². The Balaban J connectivity index is 2.23. The van der Waals surface area contributed by atoms with Crippen LogP contribution in [-0.4, -0.2) is 37.6 Å². The monoisotopic (exact) mass is 261 g/mol. The summed E-state index contributed by atoms with van der Waals surface area (Å²) in [6, 6.07) is 1.82. The summed E-state index contributed by atoms with van der Waals surface area (Å²) in [6.45, 7) is 4.54. The lowest BCUT2D eigenvalue weighted by atomic mass is 10.2. The summed E-state index contributed by atoms with van der Waals surface area (Å²) >= 11 is 0. The predicted octanol–water partition coefficient (Wildman–Crippen LogP) is 0.598. The van der Waals surface area contributed by atoms with E-state index < -0.39 is 0 Å². The highest BCUT2D eigenvalue weighted by atomic mass is 16.1. The van der Waals surface area contributed by atoms with Crippen molar-refractivity contribution in [3.05, 3.63) is 23.5 Å². The van der Waals surface area contributed by atoms with Crippen molar-refractivity contribution in [3.63, 3.8) is 0 Å². The second-order valence-corrected chi connectivity index (χ2v) is 3.96. The number of nitrogens with zero attached hydrogens (tertiary/aromatic N) is 5. The van der Waals surface area contributed by atoms with Crippen LogP contribution >= 0.6 is 0 Å². The topological polar surface area (TPSA) is 97.6 Å². The van der Waals surface area contributed by atoms with E-state index in [0.29, 0.717) is 12.1 Å². The van der Waals surface area contributed by atoms with Gasteiger partial charge in [0.1, 0.15) is 0 Å². The molecule has 0 bridgehead atoms. The summed E-state index contributed by atoms with van der Waals surface area (Å²) in [6.07, 6.45) is 1.53. The fourth-order valence-corrected chi connectivity index (χ4v) is 1.58. The van der Waals surface area contributed by atoms with Crippen molar-refractivity contribution >= 4 is 17.5 Å². The van der Waals surface area contributed by atoms with Crippen LogP contribution in [0.3, 0.4) is 0 Å². The highest BCUT2D eigenvalue weighted by Crippen LogP contribution is 2.16. The minimum atomic E-state index is -0.323. The van der Waals surface area contributed by atoms with Crippen molar-refractivity contribution in [1.82, 2.24) is 25.2 Å². The number of anilines is 2. The van der Waals surface area contributed by atoms with Crippen LogP contribution in [0.2, 0.25) is 0 Å². The molecule has 2 N–H and O–H groups in total. The van der Waals surface area contributed by atoms with Crippen molar-refractivity contribution in [3.8, 4) is 0 Å². The van der Waals surface area contributed by atoms with E-state index in [9.17, 15) is 4.79 Å². The van der Waals surface area contributed by atoms with Gasteiger partial charge in [-0.3, -0.25) is 15.1 Å². The Morgan fingerprint density at radius 1 is 1.47 bits per heavy atom. The molecule has 0 saturated carbocycles. The highest BCUT2D eigenvalue weighted by molar-refractivity contribution is 6.07. The quantitative estimate of drug-likeness (QED) is 0.836. The van der Waals surface area contributed by atoms with Gasteiger partial charge in [-0.1, -0.05) is 5.10 Å². The van der Waals surface area contributed by atoms with Gasteiger partial charge in [-0.2, -0.15) is 4.80 Å². The van der Waals surface area contributed by atoms with Crippen LogP contribution < -0.4 is 10.6 Å². The van der Waals surface area contributed by atoms with Gasteiger partial charge in [0.2, 0.25) is 0 Å². The molecular formula is C11H15N7O. The summed E-state index contributed by atoms with van der Waals surface area (Å²) in [7, 11) is 1.63.